The summed E-state index contributed by atoms with van der Waals surface area (Å²) in [6, 6.07) is 7.72. The molecule has 164 valence electrons. The maximum Gasteiger partial charge on any atom is 0.410 e. The van der Waals surface area contributed by atoms with Gasteiger partial charge in [0.25, 0.3) is 0 Å². The fourth-order valence-electron chi connectivity index (χ4n) is 5.37. The summed E-state index contributed by atoms with van der Waals surface area (Å²) in [6.07, 6.45) is 5.11. The van der Waals surface area contributed by atoms with E-state index >= 15 is 0 Å². The van der Waals surface area contributed by atoms with Crippen molar-refractivity contribution in [2.75, 3.05) is 25.1 Å². The summed E-state index contributed by atoms with van der Waals surface area (Å²) in [5.74, 6) is 3.01. The van der Waals surface area contributed by atoms with Gasteiger partial charge in [-0.1, -0.05) is 11.6 Å². The zero-order valence-electron chi connectivity index (χ0n) is 17.6. The van der Waals surface area contributed by atoms with E-state index in [1.807, 2.05) is 24.3 Å². The summed E-state index contributed by atoms with van der Waals surface area (Å²) in [7, 11) is 1.39. The Bertz CT molecular complexity index is 1180. The lowest BCUT2D eigenvalue weighted by atomic mass is 9.57. The number of halogens is 1. The summed E-state index contributed by atoms with van der Waals surface area (Å²) in [6.45, 7) is 2.76. The number of fused-ring (bicyclic) bond motifs is 3. The van der Waals surface area contributed by atoms with Gasteiger partial charge in [0.1, 0.15) is 18.0 Å². The molecule has 0 N–H and O–H groups in total. The SMILES string of the molecule is COC(=O)N1Cc2cc(Cl)ccc2-n2c(nnc2C2CC3(C2)CN(c2ccncn2)C3)C1. The monoisotopic (exact) mass is 451 g/mol. The van der Waals surface area contributed by atoms with Crippen molar-refractivity contribution >= 4 is 23.5 Å². The first-order chi connectivity index (χ1) is 15.5. The molecule has 0 unspecified atom stereocenters. The number of methoxy groups -OCH3 is 1. The zero-order valence-corrected chi connectivity index (χ0v) is 18.4. The highest BCUT2D eigenvalue weighted by atomic mass is 35.5. The molecule has 1 aromatic carbocycles. The predicted molar refractivity (Wildman–Crippen MR) is 117 cm³/mol. The molecule has 3 aromatic rings. The maximum absolute atomic E-state index is 12.3. The van der Waals surface area contributed by atoms with Crippen LogP contribution in [0.3, 0.4) is 0 Å². The van der Waals surface area contributed by atoms with E-state index in [0.717, 1.165) is 54.6 Å². The van der Waals surface area contributed by atoms with Crippen molar-refractivity contribution in [3.05, 3.63) is 59.0 Å². The quantitative estimate of drug-likeness (QED) is 0.591. The number of benzene rings is 1. The molecule has 10 heteroatoms. The minimum Gasteiger partial charge on any atom is -0.453 e. The Kier molecular flexibility index (Phi) is 4.36. The second-order valence-electron chi connectivity index (χ2n) is 8.94. The van der Waals surface area contributed by atoms with Crippen LogP contribution in [-0.2, 0) is 17.8 Å². The number of nitrogens with zero attached hydrogens (tertiary/aromatic N) is 7. The van der Waals surface area contributed by atoms with Gasteiger partial charge in [-0.15, -0.1) is 10.2 Å². The van der Waals surface area contributed by atoms with Gasteiger partial charge in [0.2, 0.25) is 0 Å². The summed E-state index contributed by atoms with van der Waals surface area (Å²) >= 11 is 6.27. The predicted octanol–water partition coefficient (Wildman–Crippen LogP) is 3.18. The molecule has 3 aliphatic rings. The molecule has 1 aliphatic carbocycles. The standard InChI is InChI=1S/C22H22ClN7O2/c1-32-21(31)28-9-14-6-16(23)2-3-17(14)30-19(10-28)26-27-20(30)15-7-22(8-15)11-29(12-22)18-4-5-24-13-25-18/h2-6,13,15H,7-12H2,1H3. The summed E-state index contributed by atoms with van der Waals surface area (Å²) < 4.78 is 7.09. The van der Waals surface area contributed by atoms with E-state index in [1.165, 1.54) is 7.11 Å². The number of amides is 1. The Hall–Kier alpha value is -3.20. The van der Waals surface area contributed by atoms with Crippen LogP contribution in [0.1, 0.15) is 36.0 Å². The van der Waals surface area contributed by atoms with Crippen LogP contribution in [0.15, 0.2) is 36.8 Å². The third-order valence-corrected chi connectivity index (χ3v) is 7.07. The van der Waals surface area contributed by atoms with E-state index in [0.29, 0.717) is 29.4 Å². The average Bonchev–Trinajstić information content (AvgIpc) is 3.07. The Balaban J connectivity index is 1.27. The smallest absolute Gasteiger partial charge is 0.410 e. The highest BCUT2D eigenvalue weighted by Gasteiger charge is 2.54. The second-order valence-corrected chi connectivity index (χ2v) is 9.37. The molecular formula is C22H22ClN7O2. The Labute approximate surface area is 190 Å². The van der Waals surface area contributed by atoms with Crippen LogP contribution in [0.2, 0.25) is 5.02 Å². The normalized spacial score (nSPS) is 18.9. The fourth-order valence-corrected chi connectivity index (χ4v) is 5.57. The average molecular weight is 452 g/mol. The lowest BCUT2D eigenvalue weighted by Gasteiger charge is -2.59. The van der Waals surface area contributed by atoms with E-state index in [9.17, 15) is 4.79 Å². The van der Waals surface area contributed by atoms with E-state index in [4.69, 9.17) is 16.3 Å². The van der Waals surface area contributed by atoms with Gasteiger partial charge in [0, 0.05) is 35.6 Å². The molecule has 1 saturated heterocycles. The van der Waals surface area contributed by atoms with Crippen LogP contribution >= 0.6 is 11.6 Å². The highest BCUT2D eigenvalue weighted by Crippen LogP contribution is 2.56. The van der Waals surface area contributed by atoms with Crippen LogP contribution in [0.4, 0.5) is 10.6 Å². The van der Waals surface area contributed by atoms with Gasteiger partial charge < -0.3 is 9.64 Å². The lowest BCUT2D eigenvalue weighted by Crippen LogP contribution is -2.62. The molecule has 4 heterocycles. The van der Waals surface area contributed by atoms with E-state index < -0.39 is 6.09 Å². The van der Waals surface area contributed by atoms with Gasteiger partial charge in [0.15, 0.2) is 5.82 Å². The number of rotatable bonds is 2. The van der Waals surface area contributed by atoms with Gasteiger partial charge in [-0.05, 0) is 42.7 Å². The molecule has 6 rings (SSSR count). The van der Waals surface area contributed by atoms with Crippen molar-refractivity contribution in [2.24, 2.45) is 5.41 Å². The van der Waals surface area contributed by atoms with Crippen LogP contribution in [0, 0.1) is 5.41 Å². The van der Waals surface area contributed by atoms with E-state index in [2.05, 4.69) is 29.6 Å². The molecule has 1 saturated carbocycles. The number of anilines is 1. The number of carbonyl (C=O) groups excluding carboxylic acids is 1. The number of aromatic nitrogens is 5. The van der Waals surface area contributed by atoms with E-state index in [-0.39, 0.29) is 0 Å². The minimum absolute atomic E-state index is 0.313. The number of hydrogen-bond donors (Lipinski definition) is 0. The first-order valence-corrected chi connectivity index (χ1v) is 11.0. The Morgan fingerprint density at radius 3 is 2.78 bits per heavy atom. The van der Waals surface area contributed by atoms with Gasteiger partial charge in [-0.2, -0.15) is 0 Å². The van der Waals surface area contributed by atoms with Crippen LogP contribution in [0.5, 0.6) is 0 Å². The third kappa shape index (κ3) is 3.02. The Morgan fingerprint density at radius 2 is 2.03 bits per heavy atom. The zero-order chi connectivity index (χ0) is 21.9. The largest absolute Gasteiger partial charge is 0.453 e. The molecule has 1 spiro atoms. The molecule has 2 aliphatic heterocycles. The molecule has 0 bridgehead atoms. The van der Waals surface area contributed by atoms with Crippen molar-refractivity contribution in [1.82, 2.24) is 29.6 Å². The molecule has 0 atom stereocenters. The molecule has 2 fully saturated rings. The first kappa shape index (κ1) is 19.5. The summed E-state index contributed by atoms with van der Waals surface area (Å²) in [5.41, 5.74) is 2.25. The second kappa shape index (κ2) is 7.16. The number of ether oxygens (including phenoxy) is 1. The molecule has 2 aromatic heterocycles. The molecule has 1 amide bonds. The minimum atomic E-state index is -0.393. The lowest BCUT2D eigenvalue weighted by molar-refractivity contribution is 0.0581. The number of hydrogen-bond acceptors (Lipinski definition) is 7. The van der Waals surface area contributed by atoms with Crippen molar-refractivity contribution in [2.45, 2.75) is 31.8 Å². The number of carbonyl (C=O) groups is 1. The van der Waals surface area contributed by atoms with Crippen LogP contribution in [0.25, 0.3) is 5.69 Å². The van der Waals surface area contributed by atoms with Gasteiger partial charge >= 0.3 is 6.09 Å². The van der Waals surface area contributed by atoms with E-state index in [1.54, 1.807) is 17.4 Å². The molecule has 9 nitrogen and oxygen atoms in total. The molecule has 32 heavy (non-hydrogen) atoms. The van der Waals surface area contributed by atoms with Crippen LogP contribution in [-0.4, -0.2) is 55.9 Å². The molecule has 0 radical (unpaired) electrons. The van der Waals surface area contributed by atoms with Crippen molar-refractivity contribution in [1.29, 1.82) is 0 Å². The van der Waals surface area contributed by atoms with Crippen molar-refractivity contribution in [3.63, 3.8) is 0 Å². The maximum atomic E-state index is 12.3. The summed E-state index contributed by atoms with van der Waals surface area (Å²) in [5, 5.41) is 9.67. The van der Waals surface area contributed by atoms with Crippen molar-refractivity contribution < 1.29 is 9.53 Å². The topological polar surface area (TPSA) is 89.3 Å². The molecular weight excluding hydrogens is 430 g/mol. The van der Waals surface area contributed by atoms with Crippen molar-refractivity contribution in [3.8, 4) is 5.69 Å². The van der Waals surface area contributed by atoms with Crippen LogP contribution < -0.4 is 4.90 Å². The Morgan fingerprint density at radius 1 is 1.19 bits per heavy atom. The first-order valence-electron chi connectivity index (χ1n) is 10.6. The highest BCUT2D eigenvalue weighted by molar-refractivity contribution is 6.30. The fraction of sp³-hybridized carbons (Fsp3) is 0.409. The van der Waals surface area contributed by atoms with Gasteiger partial charge in [0.05, 0.1) is 25.9 Å². The summed E-state index contributed by atoms with van der Waals surface area (Å²) in [4.78, 5) is 24.6. The third-order valence-electron chi connectivity index (χ3n) is 6.83. The van der Waals surface area contributed by atoms with Gasteiger partial charge in [-0.25, -0.2) is 14.8 Å². The van der Waals surface area contributed by atoms with Gasteiger partial charge in [-0.3, -0.25) is 9.47 Å².